The van der Waals surface area contributed by atoms with E-state index < -0.39 is 5.54 Å². The normalized spacial score (nSPS) is 16.5. The Balaban J connectivity index is 1.72. The molecule has 1 fully saturated rings. The van der Waals surface area contributed by atoms with Gasteiger partial charge in [0.1, 0.15) is 6.33 Å². The first-order valence-corrected chi connectivity index (χ1v) is 8.59. The number of benzene rings is 1. The molecule has 0 atom stereocenters. The van der Waals surface area contributed by atoms with Crippen LogP contribution in [0, 0.1) is 0 Å². The Morgan fingerprint density at radius 2 is 2.17 bits per heavy atom. The fraction of sp³-hybridized carbons (Fsp3) is 0.400. The van der Waals surface area contributed by atoms with Gasteiger partial charge in [0.2, 0.25) is 5.91 Å². The van der Waals surface area contributed by atoms with Gasteiger partial charge in [0.05, 0.1) is 10.6 Å². The molecule has 0 spiro atoms. The van der Waals surface area contributed by atoms with Crippen LogP contribution in [-0.4, -0.2) is 26.2 Å². The SMILES string of the molecule is Cn1cnnc1Sc1ccc(NC(=O)C2(N)CCCC2)cc1Cl. The maximum Gasteiger partial charge on any atom is 0.244 e. The summed E-state index contributed by atoms with van der Waals surface area (Å²) in [6.45, 7) is 0. The van der Waals surface area contributed by atoms with Crippen LogP contribution in [0.25, 0.3) is 0 Å². The van der Waals surface area contributed by atoms with E-state index in [4.69, 9.17) is 17.3 Å². The lowest BCUT2D eigenvalue weighted by Crippen LogP contribution is -2.48. The maximum absolute atomic E-state index is 12.3. The lowest BCUT2D eigenvalue weighted by Gasteiger charge is -2.22. The van der Waals surface area contributed by atoms with Crippen molar-refractivity contribution in [2.45, 2.75) is 41.3 Å². The van der Waals surface area contributed by atoms with Crippen LogP contribution in [0.15, 0.2) is 34.6 Å². The van der Waals surface area contributed by atoms with Gasteiger partial charge in [0.15, 0.2) is 5.16 Å². The molecule has 1 amide bonds. The molecule has 1 saturated carbocycles. The summed E-state index contributed by atoms with van der Waals surface area (Å²) in [4.78, 5) is 13.2. The van der Waals surface area contributed by atoms with E-state index in [1.165, 1.54) is 11.8 Å². The van der Waals surface area contributed by atoms with Gasteiger partial charge in [0.25, 0.3) is 0 Å². The fourth-order valence-corrected chi connectivity index (χ4v) is 3.68. The number of aryl methyl sites for hydroxylation is 1. The Morgan fingerprint density at radius 3 is 2.78 bits per heavy atom. The molecule has 0 saturated heterocycles. The van der Waals surface area contributed by atoms with E-state index in [2.05, 4.69) is 15.5 Å². The summed E-state index contributed by atoms with van der Waals surface area (Å²) in [5, 5.41) is 12.0. The Morgan fingerprint density at radius 1 is 1.43 bits per heavy atom. The number of nitrogens with two attached hydrogens (primary N) is 1. The van der Waals surface area contributed by atoms with Crippen molar-refractivity contribution in [1.82, 2.24) is 14.8 Å². The minimum Gasteiger partial charge on any atom is -0.324 e. The molecule has 1 aliphatic carbocycles. The molecule has 0 radical (unpaired) electrons. The smallest absolute Gasteiger partial charge is 0.244 e. The first-order valence-electron chi connectivity index (χ1n) is 7.40. The molecule has 23 heavy (non-hydrogen) atoms. The zero-order chi connectivity index (χ0) is 16.4. The van der Waals surface area contributed by atoms with Crippen molar-refractivity contribution in [2.24, 2.45) is 12.8 Å². The van der Waals surface area contributed by atoms with Gasteiger partial charge < -0.3 is 15.6 Å². The summed E-state index contributed by atoms with van der Waals surface area (Å²) in [5.41, 5.74) is 6.06. The number of anilines is 1. The third kappa shape index (κ3) is 3.52. The van der Waals surface area contributed by atoms with Crippen LogP contribution in [0.2, 0.25) is 5.02 Å². The van der Waals surface area contributed by atoms with Crippen LogP contribution < -0.4 is 11.1 Å². The van der Waals surface area contributed by atoms with Gasteiger partial charge >= 0.3 is 0 Å². The summed E-state index contributed by atoms with van der Waals surface area (Å²) in [7, 11) is 1.87. The molecule has 1 aromatic carbocycles. The first kappa shape index (κ1) is 16.3. The number of rotatable bonds is 4. The minimum atomic E-state index is -0.751. The van der Waals surface area contributed by atoms with Crippen molar-refractivity contribution in [3.05, 3.63) is 29.5 Å². The van der Waals surface area contributed by atoms with Crippen molar-refractivity contribution in [3.63, 3.8) is 0 Å². The molecule has 1 aliphatic rings. The number of halogens is 1. The average Bonchev–Trinajstić information content (AvgIpc) is 3.12. The molecule has 3 rings (SSSR count). The highest BCUT2D eigenvalue weighted by Gasteiger charge is 2.36. The van der Waals surface area contributed by atoms with Gasteiger partial charge in [0, 0.05) is 17.6 Å². The van der Waals surface area contributed by atoms with E-state index in [9.17, 15) is 4.79 Å². The van der Waals surface area contributed by atoms with E-state index in [-0.39, 0.29) is 5.91 Å². The summed E-state index contributed by atoms with van der Waals surface area (Å²) in [6.07, 6.45) is 5.09. The molecule has 122 valence electrons. The van der Waals surface area contributed by atoms with Crippen LogP contribution in [0.1, 0.15) is 25.7 Å². The highest BCUT2D eigenvalue weighted by molar-refractivity contribution is 7.99. The number of amides is 1. The Labute approximate surface area is 143 Å². The molecule has 0 bridgehead atoms. The van der Waals surface area contributed by atoms with Crippen LogP contribution in [-0.2, 0) is 11.8 Å². The Hall–Kier alpha value is -1.57. The lowest BCUT2D eigenvalue weighted by atomic mass is 9.98. The van der Waals surface area contributed by atoms with Gasteiger partial charge in [-0.1, -0.05) is 24.4 Å². The molecule has 1 aromatic heterocycles. The molecule has 2 aromatic rings. The zero-order valence-corrected chi connectivity index (χ0v) is 14.3. The Kier molecular flexibility index (Phi) is 4.61. The van der Waals surface area contributed by atoms with Gasteiger partial charge in [-0.05, 0) is 42.8 Å². The van der Waals surface area contributed by atoms with Crippen molar-refractivity contribution < 1.29 is 4.79 Å². The predicted molar refractivity (Wildman–Crippen MR) is 90.6 cm³/mol. The van der Waals surface area contributed by atoms with Gasteiger partial charge in [-0.2, -0.15) is 0 Å². The largest absolute Gasteiger partial charge is 0.324 e. The zero-order valence-electron chi connectivity index (χ0n) is 12.8. The van der Waals surface area contributed by atoms with Gasteiger partial charge in [-0.3, -0.25) is 4.79 Å². The third-order valence-electron chi connectivity index (χ3n) is 4.01. The minimum absolute atomic E-state index is 0.139. The van der Waals surface area contributed by atoms with E-state index in [0.29, 0.717) is 10.7 Å². The lowest BCUT2D eigenvalue weighted by molar-refractivity contribution is -0.121. The molecular formula is C15H18ClN5OS. The summed E-state index contributed by atoms with van der Waals surface area (Å²) >= 11 is 7.74. The molecule has 0 unspecified atom stereocenters. The van der Waals surface area contributed by atoms with E-state index in [1.807, 2.05) is 23.7 Å². The monoisotopic (exact) mass is 351 g/mol. The molecule has 6 nitrogen and oxygen atoms in total. The number of hydrogen-bond donors (Lipinski definition) is 2. The van der Waals surface area contributed by atoms with E-state index in [0.717, 1.165) is 35.7 Å². The quantitative estimate of drug-likeness (QED) is 0.884. The van der Waals surface area contributed by atoms with Crippen molar-refractivity contribution in [2.75, 3.05) is 5.32 Å². The van der Waals surface area contributed by atoms with Crippen LogP contribution in [0.5, 0.6) is 0 Å². The Bertz CT molecular complexity index is 726. The second kappa shape index (κ2) is 6.51. The summed E-state index contributed by atoms with van der Waals surface area (Å²) < 4.78 is 1.81. The van der Waals surface area contributed by atoms with E-state index >= 15 is 0 Å². The molecule has 3 N–H and O–H groups in total. The maximum atomic E-state index is 12.3. The molecule has 0 aliphatic heterocycles. The first-order chi connectivity index (χ1) is 11.0. The van der Waals surface area contributed by atoms with Crippen molar-refractivity contribution >= 4 is 35.0 Å². The van der Waals surface area contributed by atoms with Crippen molar-refractivity contribution in [3.8, 4) is 0 Å². The highest BCUT2D eigenvalue weighted by atomic mass is 35.5. The summed E-state index contributed by atoms with van der Waals surface area (Å²) in [6, 6.07) is 5.41. The number of aromatic nitrogens is 3. The standard InChI is InChI=1S/C15H18ClN5OS/c1-21-9-18-20-14(21)23-12-5-4-10(8-11(12)16)19-13(22)15(17)6-2-3-7-15/h4-5,8-9H,2-3,6-7,17H2,1H3,(H,19,22). The molecule has 1 heterocycles. The number of hydrogen-bond acceptors (Lipinski definition) is 5. The average molecular weight is 352 g/mol. The predicted octanol–water partition coefficient (Wildman–Crippen LogP) is 2.83. The fourth-order valence-electron chi connectivity index (χ4n) is 2.61. The number of carbonyl (C=O) groups excluding carboxylic acids is 1. The third-order valence-corrected chi connectivity index (χ3v) is 5.56. The second-order valence-corrected chi connectivity index (χ2v) is 7.21. The molecule has 8 heteroatoms. The molecular weight excluding hydrogens is 334 g/mol. The van der Waals surface area contributed by atoms with Crippen molar-refractivity contribution in [1.29, 1.82) is 0 Å². The van der Waals surface area contributed by atoms with E-state index in [1.54, 1.807) is 12.4 Å². The van der Waals surface area contributed by atoms with Crippen LogP contribution >= 0.6 is 23.4 Å². The topological polar surface area (TPSA) is 85.8 Å². The second-order valence-electron chi connectivity index (χ2n) is 5.79. The number of nitrogens with one attached hydrogen (secondary N) is 1. The highest BCUT2D eigenvalue weighted by Crippen LogP contribution is 2.34. The number of carbonyl (C=O) groups is 1. The van der Waals surface area contributed by atoms with Crippen LogP contribution in [0.4, 0.5) is 5.69 Å². The number of nitrogens with zero attached hydrogens (tertiary/aromatic N) is 3. The van der Waals surface area contributed by atoms with Gasteiger partial charge in [-0.25, -0.2) is 0 Å². The summed E-state index contributed by atoms with van der Waals surface area (Å²) in [5.74, 6) is -0.139. The van der Waals surface area contributed by atoms with Crippen LogP contribution in [0.3, 0.4) is 0 Å². The van der Waals surface area contributed by atoms with Gasteiger partial charge in [-0.15, -0.1) is 10.2 Å².